The van der Waals surface area contributed by atoms with Crippen LogP contribution in [0.5, 0.6) is 0 Å². The summed E-state index contributed by atoms with van der Waals surface area (Å²) in [4.78, 5) is 0. The van der Waals surface area contributed by atoms with E-state index >= 15 is 0 Å². The van der Waals surface area contributed by atoms with Crippen LogP contribution in [0.25, 0.3) is 0 Å². The normalized spacial score (nSPS) is 28.3. The van der Waals surface area contributed by atoms with Gasteiger partial charge in [-0.05, 0) is 25.0 Å². The highest BCUT2D eigenvalue weighted by Crippen LogP contribution is 2.36. The second kappa shape index (κ2) is 3.14. The lowest BCUT2D eigenvalue weighted by molar-refractivity contribution is 0.184. The molecule has 1 spiro atoms. The molecule has 2 N–H and O–H groups in total. The van der Waals surface area contributed by atoms with Crippen LogP contribution in [-0.4, -0.2) is 25.3 Å². The van der Waals surface area contributed by atoms with Gasteiger partial charge in [0.25, 0.3) is 0 Å². The van der Waals surface area contributed by atoms with Crippen LogP contribution in [0.15, 0.2) is 18.2 Å². The number of para-hydroxylation sites is 1. The zero-order valence-electron chi connectivity index (χ0n) is 8.97. The van der Waals surface area contributed by atoms with Crippen molar-refractivity contribution in [3.63, 3.8) is 0 Å². The van der Waals surface area contributed by atoms with Crippen molar-refractivity contribution in [1.82, 2.24) is 0 Å². The molecule has 1 aromatic carbocycles. The van der Waals surface area contributed by atoms with Gasteiger partial charge in [-0.1, -0.05) is 12.1 Å². The molecule has 3 nitrogen and oxygen atoms in total. The van der Waals surface area contributed by atoms with E-state index in [4.69, 9.17) is 4.74 Å². The third kappa shape index (κ3) is 1.38. The average molecular weight is 204 g/mol. The third-order valence-corrected chi connectivity index (χ3v) is 3.38. The van der Waals surface area contributed by atoms with Crippen molar-refractivity contribution in [2.24, 2.45) is 0 Å². The standard InChI is InChI=1S/C12H16N2O/c1-9-3-2-4-10-11(9)14-12(7-13-10)5-6-15-8-12/h2-4,13-14H,5-8H2,1H3. The Kier molecular flexibility index (Phi) is 1.89. The van der Waals surface area contributed by atoms with E-state index in [2.05, 4.69) is 35.8 Å². The summed E-state index contributed by atoms with van der Waals surface area (Å²) in [7, 11) is 0. The molecule has 2 aliphatic heterocycles. The Hall–Kier alpha value is -1.22. The lowest BCUT2D eigenvalue weighted by Gasteiger charge is -2.37. The largest absolute Gasteiger partial charge is 0.381 e. The topological polar surface area (TPSA) is 33.3 Å². The maximum Gasteiger partial charge on any atom is 0.0801 e. The van der Waals surface area contributed by atoms with Gasteiger partial charge in [0, 0.05) is 13.2 Å². The van der Waals surface area contributed by atoms with Gasteiger partial charge in [0.05, 0.1) is 23.5 Å². The second-order valence-corrected chi connectivity index (χ2v) is 4.56. The van der Waals surface area contributed by atoms with Crippen molar-refractivity contribution in [2.75, 3.05) is 30.4 Å². The minimum Gasteiger partial charge on any atom is -0.381 e. The molecule has 1 atom stereocenters. The third-order valence-electron chi connectivity index (χ3n) is 3.38. The fraction of sp³-hybridized carbons (Fsp3) is 0.500. The van der Waals surface area contributed by atoms with E-state index in [1.807, 2.05) is 0 Å². The highest BCUT2D eigenvalue weighted by atomic mass is 16.5. The first-order valence-electron chi connectivity index (χ1n) is 5.49. The van der Waals surface area contributed by atoms with E-state index in [1.54, 1.807) is 0 Å². The van der Waals surface area contributed by atoms with E-state index in [9.17, 15) is 0 Å². The summed E-state index contributed by atoms with van der Waals surface area (Å²) in [5.74, 6) is 0. The first kappa shape index (κ1) is 9.04. The van der Waals surface area contributed by atoms with Gasteiger partial charge in [-0.3, -0.25) is 0 Å². The molecule has 1 saturated heterocycles. The second-order valence-electron chi connectivity index (χ2n) is 4.56. The maximum atomic E-state index is 5.49. The lowest BCUT2D eigenvalue weighted by atomic mass is 9.94. The number of fused-ring (bicyclic) bond motifs is 1. The molecular formula is C12H16N2O. The highest BCUT2D eigenvalue weighted by molar-refractivity contribution is 5.75. The van der Waals surface area contributed by atoms with Crippen molar-refractivity contribution in [2.45, 2.75) is 18.9 Å². The summed E-state index contributed by atoms with van der Waals surface area (Å²) in [5.41, 5.74) is 3.88. The molecule has 80 valence electrons. The number of hydrogen-bond donors (Lipinski definition) is 2. The van der Waals surface area contributed by atoms with Gasteiger partial charge < -0.3 is 15.4 Å². The summed E-state index contributed by atoms with van der Waals surface area (Å²) in [6, 6.07) is 6.35. The van der Waals surface area contributed by atoms with Gasteiger partial charge in [-0.2, -0.15) is 0 Å². The zero-order chi connectivity index (χ0) is 10.3. The molecule has 3 heteroatoms. The molecule has 0 amide bonds. The molecule has 2 heterocycles. The Bertz CT molecular complexity index is 383. The summed E-state index contributed by atoms with van der Waals surface area (Å²) in [6.07, 6.45) is 1.09. The molecular weight excluding hydrogens is 188 g/mol. The Balaban J connectivity index is 1.98. The van der Waals surface area contributed by atoms with Crippen LogP contribution in [0, 0.1) is 6.92 Å². The van der Waals surface area contributed by atoms with Crippen LogP contribution in [0.3, 0.4) is 0 Å². The molecule has 1 aromatic rings. The molecule has 0 bridgehead atoms. The van der Waals surface area contributed by atoms with Crippen molar-refractivity contribution in [1.29, 1.82) is 0 Å². The van der Waals surface area contributed by atoms with Crippen LogP contribution in [0.1, 0.15) is 12.0 Å². The van der Waals surface area contributed by atoms with E-state index in [1.165, 1.54) is 16.9 Å². The Labute approximate surface area is 89.8 Å². The fourth-order valence-electron chi connectivity index (χ4n) is 2.40. The van der Waals surface area contributed by atoms with Gasteiger partial charge in [0.2, 0.25) is 0 Å². The molecule has 0 aliphatic carbocycles. The lowest BCUT2D eigenvalue weighted by Crippen LogP contribution is -2.48. The summed E-state index contributed by atoms with van der Waals surface area (Å²) in [6.45, 7) is 4.79. The number of benzene rings is 1. The monoisotopic (exact) mass is 204 g/mol. The minimum absolute atomic E-state index is 0.124. The van der Waals surface area contributed by atoms with Crippen molar-refractivity contribution >= 4 is 11.4 Å². The van der Waals surface area contributed by atoms with Gasteiger partial charge in [-0.15, -0.1) is 0 Å². The predicted octanol–water partition coefficient (Wildman–Crippen LogP) is 1.99. The van der Waals surface area contributed by atoms with E-state index < -0.39 is 0 Å². The van der Waals surface area contributed by atoms with Crippen LogP contribution in [-0.2, 0) is 4.74 Å². The van der Waals surface area contributed by atoms with Crippen molar-refractivity contribution in [3.8, 4) is 0 Å². The fourth-order valence-corrected chi connectivity index (χ4v) is 2.40. The summed E-state index contributed by atoms with van der Waals surface area (Å²) in [5, 5.41) is 7.15. The molecule has 3 rings (SSSR count). The van der Waals surface area contributed by atoms with Gasteiger partial charge in [0.1, 0.15) is 0 Å². The molecule has 15 heavy (non-hydrogen) atoms. The quantitative estimate of drug-likeness (QED) is 0.678. The number of rotatable bonds is 0. The number of nitrogens with one attached hydrogen (secondary N) is 2. The number of ether oxygens (including phenoxy) is 1. The van der Waals surface area contributed by atoms with Gasteiger partial charge in [-0.25, -0.2) is 0 Å². The van der Waals surface area contributed by atoms with E-state index in [0.29, 0.717) is 0 Å². The molecule has 2 aliphatic rings. The van der Waals surface area contributed by atoms with Crippen molar-refractivity contribution < 1.29 is 4.74 Å². The molecule has 1 fully saturated rings. The predicted molar refractivity (Wildman–Crippen MR) is 61.5 cm³/mol. The van der Waals surface area contributed by atoms with Crippen molar-refractivity contribution in [3.05, 3.63) is 23.8 Å². The van der Waals surface area contributed by atoms with Crippen LogP contribution in [0.2, 0.25) is 0 Å². The number of anilines is 2. The van der Waals surface area contributed by atoms with E-state index in [0.717, 1.165) is 26.2 Å². The Morgan fingerprint density at radius 3 is 3.13 bits per heavy atom. The Morgan fingerprint density at radius 2 is 2.33 bits per heavy atom. The highest BCUT2D eigenvalue weighted by Gasteiger charge is 2.38. The minimum atomic E-state index is 0.124. The van der Waals surface area contributed by atoms with Crippen LogP contribution >= 0.6 is 0 Å². The van der Waals surface area contributed by atoms with Crippen LogP contribution < -0.4 is 10.6 Å². The van der Waals surface area contributed by atoms with Gasteiger partial charge >= 0.3 is 0 Å². The molecule has 0 aromatic heterocycles. The molecule has 0 saturated carbocycles. The SMILES string of the molecule is Cc1cccc2c1NC1(CCOC1)CN2. The number of aryl methyl sites for hydroxylation is 1. The summed E-state index contributed by atoms with van der Waals surface area (Å²) < 4.78 is 5.49. The maximum absolute atomic E-state index is 5.49. The average Bonchev–Trinajstić information content (AvgIpc) is 2.68. The molecule has 1 unspecified atom stereocenters. The first-order valence-corrected chi connectivity index (χ1v) is 5.49. The molecule has 0 radical (unpaired) electrons. The van der Waals surface area contributed by atoms with Crippen LogP contribution in [0.4, 0.5) is 11.4 Å². The Morgan fingerprint density at radius 1 is 1.40 bits per heavy atom. The van der Waals surface area contributed by atoms with Gasteiger partial charge in [0.15, 0.2) is 0 Å². The summed E-state index contributed by atoms with van der Waals surface area (Å²) >= 11 is 0. The zero-order valence-corrected chi connectivity index (χ0v) is 8.97. The smallest absolute Gasteiger partial charge is 0.0801 e. The number of hydrogen-bond acceptors (Lipinski definition) is 3. The first-order chi connectivity index (χ1) is 7.29. The van der Waals surface area contributed by atoms with E-state index in [-0.39, 0.29) is 5.54 Å².